The maximum Gasteiger partial charge on any atom is 0.262 e. The number of benzene rings is 1. The van der Waals surface area contributed by atoms with Gasteiger partial charge in [0, 0.05) is 39.3 Å². The number of nitrogens with one attached hydrogen (secondary N) is 1. The summed E-state index contributed by atoms with van der Waals surface area (Å²) in [6, 6.07) is 4.26. The smallest absolute Gasteiger partial charge is 0.262 e. The summed E-state index contributed by atoms with van der Waals surface area (Å²) in [5.74, 6) is -0.0518. The Morgan fingerprint density at radius 1 is 1.52 bits per heavy atom. The van der Waals surface area contributed by atoms with Crippen molar-refractivity contribution in [3.63, 3.8) is 0 Å². The van der Waals surface area contributed by atoms with E-state index in [0.717, 1.165) is 6.42 Å². The first-order valence-electron chi connectivity index (χ1n) is 6.42. The van der Waals surface area contributed by atoms with E-state index in [1.807, 2.05) is 6.92 Å². The fourth-order valence-corrected chi connectivity index (χ4v) is 4.30. The van der Waals surface area contributed by atoms with Crippen molar-refractivity contribution < 1.29 is 17.9 Å². The Morgan fingerprint density at radius 3 is 2.81 bits per heavy atom. The third kappa shape index (κ3) is 4.18. The van der Waals surface area contributed by atoms with Gasteiger partial charge in [-0.2, -0.15) is 0 Å². The minimum Gasteiger partial charge on any atom is -0.381 e. The van der Waals surface area contributed by atoms with Gasteiger partial charge in [0.25, 0.3) is 15.0 Å². The van der Waals surface area contributed by atoms with E-state index in [4.69, 9.17) is 15.4 Å². The van der Waals surface area contributed by atoms with Gasteiger partial charge >= 0.3 is 0 Å². The molecule has 1 aliphatic rings. The zero-order chi connectivity index (χ0) is 15.6. The molecular weight excluding hydrogens is 382 g/mol. The van der Waals surface area contributed by atoms with Crippen LogP contribution in [-0.2, 0) is 13.8 Å². The molecule has 1 heterocycles. The van der Waals surface area contributed by atoms with Crippen LogP contribution in [0.2, 0.25) is 0 Å². The van der Waals surface area contributed by atoms with Gasteiger partial charge in [-0.25, -0.2) is 8.42 Å². The molecule has 1 aliphatic heterocycles. The van der Waals surface area contributed by atoms with Gasteiger partial charge in [0.2, 0.25) is 0 Å². The molecule has 0 radical (unpaired) electrons. The lowest BCUT2D eigenvalue weighted by Gasteiger charge is -2.19. The Bertz CT molecular complexity index is 644. The molecule has 2 unspecified atom stereocenters. The summed E-state index contributed by atoms with van der Waals surface area (Å²) in [4.78, 5) is 12.1. The van der Waals surface area contributed by atoms with Crippen LogP contribution in [0.4, 0.5) is 0 Å². The minimum absolute atomic E-state index is 0.0419. The first kappa shape index (κ1) is 16.7. The lowest BCUT2D eigenvalue weighted by molar-refractivity contribution is 0.0922. The highest BCUT2D eigenvalue weighted by Gasteiger charge is 2.24. The second kappa shape index (κ2) is 6.64. The number of ether oxygens (including phenoxy) is 1. The Balaban J connectivity index is 2.16. The zero-order valence-corrected chi connectivity index (χ0v) is 14.5. The van der Waals surface area contributed by atoms with Gasteiger partial charge in [-0.3, -0.25) is 4.79 Å². The largest absolute Gasteiger partial charge is 0.381 e. The second-order valence-electron chi connectivity index (χ2n) is 4.97. The van der Waals surface area contributed by atoms with Crippen molar-refractivity contribution in [2.75, 3.05) is 13.2 Å². The quantitative estimate of drug-likeness (QED) is 0.794. The van der Waals surface area contributed by atoms with E-state index >= 15 is 0 Å². The molecule has 1 fully saturated rings. The van der Waals surface area contributed by atoms with Crippen molar-refractivity contribution in [2.45, 2.75) is 24.3 Å². The first-order valence-corrected chi connectivity index (χ1v) is 9.52. The molecule has 0 bridgehead atoms. The van der Waals surface area contributed by atoms with E-state index in [0.29, 0.717) is 17.7 Å². The standard InChI is InChI=1S/C13H15BrClNO4S/c1-8(10-4-5-20-7-10)16-13(17)9-2-3-11(14)12(6-9)21(15,18)19/h2-3,6,8,10H,4-5,7H2,1H3,(H,16,17). The number of hydrogen-bond acceptors (Lipinski definition) is 4. The van der Waals surface area contributed by atoms with Gasteiger partial charge in [-0.05, 0) is 47.5 Å². The molecule has 1 aromatic rings. The molecule has 1 amide bonds. The molecule has 1 N–H and O–H groups in total. The van der Waals surface area contributed by atoms with Gasteiger partial charge in [0.05, 0.1) is 11.5 Å². The maximum atomic E-state index is 12.2. The van der Waals surface area contributed by atoms with E-state index in [2.05, 4.69) is 21.2 Å². The molecule has 5 nitrogen and oxygen atoms in total. The summed E-state index contributed by atoms with van der Waals surface area (Å²) in [5, 5.41) is 2.86. The van der Waals surface area contributed by atoms with Crippen LogP contribution in [0, 0.1) is 5.92 Å². The predicted octanol–water partition coefficient (Wildman–Crippen LogP) is 2.53. The predicted molar refractivity (Wildman–Crippen MR) is 83.0 cm³/mol. The van der Waals surface area contributed by atoms with Crippen LogP contribution in [0.25, 0.3) is 0 Å². The van der Waals surface area contributed by atoms with Crippen LogP contribution in [0.3, 0.4) is 0 Å². The van der Waals surface area contributed by atoms with Crippen molar-refractivity contribution in [3.8, 4) is 0 Å². The molecule has 2 rings (SSSR count). The zero-order valence-electron chi connectivity index (χ0n) is 11.3. The first-order chi connectivity index (χ1) is 9.79. The molecule has 0 aromatic heterocycles. The summed E-state index contributed by atoms with van der Waals surface area (Å²) in [6.45, 7) is 3.25. The van der Waals surface area contributed by atoms with Gasteiger partial charge in [-0.15, -0.1) is 0 Å². The Hall–Kier alpha value is -0.630. The third-order valence-corrected chi connectivity index (χ3v) is 5.80. The SMILES string of the molecule is CC(NC(=O)c1ccc(Br)c(S(=O)(=O)Cl)c1)C1CCOC1. The van der Waals surface area contributed by atoms with Gasteiger partial charge < -0.3 is 10.1 Å². The van der Waals surface area contributed by atoms with Crippen LogP contribution in [0.1, 0.15) is 23.7 Å². The van der Waals surface area contributed by atoms with Gasteiger partial charge in [0.15, 0.2) is 0 Å². The van der Waals surface area contributed by atoms with Crippen molar-refractivity contribution in [1.29, 1.82) is 0 Å². The van der Waals surface area contributed by atoms with Crippen molar-refractivity contribution in [3.05, 3.63) is 28.2 Å². The molecule has 0 spiro atoms. The summed E-state index contributed by atoms with van der Waals surface area (Å²) < 4.78 is 28.5. The number of halogens is 2. The number of rotatable bonds is 4. The average molecular weight is 397 g/mol. The maximum absolute atomic E-state index is 12.2. The molecule has 116 valence electrons. The van der Waals surface area contributed by atoms with E-state index < -0.39 is 9.05 Å². The molecule has 1 saturated heterocycles. The molecule has 21 heavy (non-hydrogen) atoms. The molecule has 2 atom stereocenters. The number of carbonyl (C=O) groups is 1. The Morgan fingerprint density at radius 2 is 2.24 bits per heavy atom. The van der Waals surface area contributed by atoms with Crippen molar-refractivity contribution >= 4 is 41.6 Å². The van der Waals surface area contributed by atoms with Gasteiger partial charge in [-0.1, -0.05) is 0 Å². The van der Waals surface area contributed by atoms with Crippen LogP contribution < -0.4 is 5.32 Å². The third-order valence-electron chi connectivity index (χ3n) is 3.49. The van der Waals surface area contributed by atoms with E-state index in [9.17, 15) is 13.2 Å². The normalized spacial score (nSPS) is 20.2. The van der Waals surface area contributed by atoms with Crippen molar-refractivity contribution in [1.82, 2.24) is 5.32 Å². The van der Waals surface area contributed by atoms with Crippen LogP contribution >= 0.6 is 26.6 Å². The molecular formula is C13H15BrClNO4S. The summed E-state index contributed by atoms with van der Waals surface area (Å²) in [5.41, 5.74) is 0.253. The van der Waals surface area contributed by atoms with E-state index in [1.165, 1.54) is 12.1 Å². The fourth-order valence-electron chi connectivity index (χ4n) is 2.19. The second-order valence-corrected chi connectivity index (χ2v) is 8.36. The lowest BCUT2D eigenvalue weighted by Crippen LogP contribution is -2.38. The van der Waals surface area contributed by atoms with Crippen LogP contribution in [0.5, 0.6) is 0 Å². The summed E-state index contributed by atoms with van der Waals surface area (Å²) >= 11 is 3.11. The molecule has 0 saturated carbocycles. The summed E-state index contributed by atoms with van der Waals surface area (Å²) in [6.07, 6.45) is 0.906. The monoisotopic (exact) mass is 395 g/mol. The fraction of sp³-hybridized carbons (Fsp3) is 0.462. The highest BCUT2D eigenvalue weighted by atomic mass is 79.9. The Kier molecular flexibility index (Phi) is 5.29. The molecule has 1 aromatic carbocycles. The van der Waals surface area contributed by atoms with Gasteiger partial charge in [0.1, 0.15) is 0 Å². The average Bonchev–Trinajstić information content (AvgIpc) is 2.91. The molecule has 8 heteroatoms. The highest BCUT2D eigenvalue weighted by Crippen LogP contribution is 2.26. The van der Waals surface area contributed by atoms with Crippen molar-refractivity contribution in [2.24, 2.45) is 5.92 Å². The summed E-state index contributed by atoms with van der Waals surface area (Å²) in [7, 11) is 1.44. The van der Waals surface area contributed by atoms with E-state index in [-0.39, 0.29) is 28.3 Å². The minimum atomic E-state index is -3.91. The Labute approximate surface area is 136 Å². The number of hydrogen-bond donors (Lipinski definition) is 1. The van der Waals surface area contributed by atoms with Crippen LogP contribution in [0.15, 0.2) is 27.6 Å². The molecule has 0 aliphatic carbocycles. The highest BCUT2D eigenvalue weighted by molar-refractivity contribution is 9.10. The number of amides is 1. The number of carbonyl (C=O) groups excluding carboxylic acids is 1. The van der Waals surface area contributed by atoms with Crippen LogP contribution in [-0.4, -0.2) is 33.6 Å². The topological polar surface area (TPSA) is 72.5 Å². The lowest BCUT2D eigenvalue weighted by atomic mass is 10.0. The van der Waals surface area contributed by atoms with E-state index in [1.54, 1.807) is 6.07 Å².